The lowest BCUT2D eigenvalue weighted by atomic mass is 10.1. The molecule has 0 saturated heterocycles. The minimum absolute atomic E-state index is 0.240. The Balaban J connectivity index is 2.54. The molecule has 0 atom stereocenters. The molecule has 0 radical (unpaired) electrons. The molecule has 1 aromatic heterocycles. The summed E-state index contributed by atoms with van der Waals surface area (Å²) >= 11 is 0. The maximum atomic E-state index is 13.2. The van der Waals surface area contributed by atoms with Crippen molar-refractivity contribution >= 4 is 0 Å². The van der Waals surface area contributed by atoms with Crippen LogP contribution in [0, 0.1) is 5.82 Å². The Labute approximate surface area is 75.1 Å². The minimum atomic E-state index is -0.240. The summed E-state index contributed by atoms with van der Waals surface area (Å²) in [5.41, 5.74) is 1.30. The van der Waals surface area contributed by atoms with Gasteiger partial charge in [0, 0.05) is 11.1 Å². The fourth-order valence-corrected chi connectivity index (χ4v) is 1.15. The van der Waals surface area contributed by atoms with Gasteiger partial charge in [0.2, 0.25) is 0 Å². The highest BCUT2D eigenvalue weighted by Gasteiger charge is 2.02. The van der Waals surface area contributed by atoms with E-state index in [9.17, 15) is 4.39 Å². The zero-order chi connectivity index (χ0) is 9.10. The van der Waals surface area contributed by atoms with Gasteiger partial charge in [-0.2, -0.15) is 10.2 Å². The van der Waals surface area contributed by atoms with Crippen molar-refractivity contribution < 1.29 is 4.39 Å². The first-order chi connectivity index (χ1) is 6.38. The molecule has 0 amide bonds. The number of hydrogen-bond acceptors (Lipinski definition) is 2. The Morgan fingerprint density at radius 2 is 1.85 bits per heavy atom. The van der Waals surface area contributed by atoms with E-state index in [0.717, 1.165) is 5.56 Å². The Kier molecular flexibility index (Phi) is 2.00. The van der Waals surface area contributed by atoms with Crippen molar-refractivity contribution in [1.29, 1.82) is 0 Å². The van der Waals surface area contributed by atoms with Gasteiger partial charge >= 0.3 is 0 Å². The van der Waals surface area contributed by atoms with Crippen LogP contribution in [0.1, 0.15) is 0 Å². The number of aromatic nitrogens is 2. The van der Waals surface area contributed by atoms with Gasteiger partial charge in [0.15, 0.2) is 0 Å². The molecule has 1 aromatic carbocycles. The zero-order valence-corrected chi connectivity index (χ0v) is 6.81. The molecule has 0 aliphatic heterocycles. The van der Waals surface area contributed by atoms with E-state index in [2.05, 4.69) is 10.2 Å². The summed E-state index contributed by atoms with van der Waals surface area (Å²) in [4.78, 5) is 0. The lowest BCUT2D eigenvalue weighted by Gasteiger charge is -2.00. The Morgan fingerprint density at radius 3 is 2.54 bits per heavy atom. The molecule has 3 heteroatoms. The molecular formula is C10H7FN2. The summed E-state index contributed by atoms with van der Waals surface area (Å²) in [5, 5.41) is 7.31. The van der Waals surface area contributed by atoms with Crippen molar-refractivity contribution in [3.8, 4) is 11.1 Å². The molecule has 2 rings (SSSR count). The summed E-state index contributed by atoms with van der Waals surface area (Å²) in [6.07, 6.45) is 3.08. The molecule has 0 fully saturated rings. The van der Waals surface area contributed by atoms with Crippen molar-refractivity contribution in [2.45, 2.75) is 0 Å². The SMILES string of the molecule is Fc1ccccc1-c1ccnnc1. The predicted octanol–water partition coefficient (Wildman–Crippen LogP) is 2.28. The van der Waals surface area contributed by atoms with Gasteiger partial charge in [-0.25, -0.2) is 4.39 Å². The molecule has 0 N–H and O–H groups in total. The van der Waals surface area contributed by atoms with Gasteiger partial charge in [-0.05, 0) is 12.1 Å². The monoisotopic (exact) mass is 174 g/mol. The van der Waals surface area contributed by atoms with Crippen LogP contribution in [-0.4, -0.2) is 10.2 Å². The van der Waals surface area contributed by atoms with Crippen LogP contribution < -0.4 is 0 Å². The number of nitrogens with zero attached hydrogens (tertiary/aromatic N) is 2. The van der Waals surface area contributed by atoms with Gasteiger partial charge in [0.05, 0.1) is 12.4 Å². The van der Waals surface area contributed by atoms with E-state index in [-0.39, 0.29) is 5.82 Å². The van der Waals surface area contributed by atoms with E-state index in [0.29, 0.717) is 5.56 Å². The fourth-order valence-electron chi connectivity index (χ4n) is 1.15. The number of rotatable bonds is 1. The predicted molar refractivity (Wildman–Crippen MR) is 47.4 cm³/mol. The van der Waals surface area contributed by atoms with Crippen LogP contribution in [0.2, 0.25) is 0 Å². The lowest BCUT2D eigenvalue weighted by Crippen LogP contribution is -1.85. The highest BCUT2D eigenvalue weighted by atomic mass is 19.1. The summed E-state index contributed by atoms with van der Waals surface area (Å²) in [7, 11) is 0. The molecule has 0 spiro atoms. The first kappa shape index (κ1) is 7.86. The second-order valence-electron chi connectivity index (χ2n) is 2.61. The zero-order valence-electron chi connectivity index (χ0n) is 6.81. The standard InChI is InChI=1S/C10H7FN2/c11-10-4-2-1-3-9(10)8-5-6-12-13-7-8/h1-7H. The average molecular weight is 174 g/mol. The highest BCUT2D eigenvalue weighted by Crippen LogP contribution is 2.20. The summed E-state index contributed by atoms with van der Waals surface area (Å²) in [6.45, 7) is 0. The fraction of sp³-hybridized carbons (Fsp3) is 0. The molecule has 0 unspecified atom stereocenters. The summed E-state index contributed by atoms with van der Waals surface area (Å²) in [5.74, 6) is -0.240. The Bertz CT molecular complexity index is 401. The topological polar surface area (TPSA) is 25.8 Å². The number of halogens is 1. The number of hydrogen-bond donors (Lipinski definition) is 0. The van der Waals surface area contributed by atoms with E-state index in [1.807, 2.05) is 0 Å². The van der Waals surface area contributed by atoms with E-state index in [4.69, 9.17) is 0 Å². The van der Waals surface area contributed by atoms with Crippen LogP contribution in [0.5, 0.6) is 0 Å². The summed E-state index contributed by atoms with van der Waals surface area (Å²) < 4.78 is 13.2. The molecule has 13 heavy (non-hydrogen) atoms. The van der Waals surface area contributed by atoms with Crippen molar-refractivity contribution in [3.63, 3.8) is 0 Å². The first-order valence-electron chi connectivity index (χ1n) is 3.89. The third-order valence-electron chi connectivity index (χ3n) is 1.77. The molecule has 0 aliphatic carbocycles. The van der Waals surface area contributed by atoms with Crippen molar-refractivity contribution in [3.05, 3.63) is 48.5 Å². The molecule has 0 bridgehead atoms. The molecule has 2 aromatic rings. The normalized spacial score (nSPS) is 9.92. The Morgan fingerprint density at radius 1 is 1.00 bits per heavy atom. The average Bonchev–Trinajstić information content (AvgIpc) is 2.20. The van der Waals surface area contributed by atoms with Crippen LogP contribution in [0.15, 0.2) is 42.7 Å². The smallest absolute Gasteiger partial charge is 0.131 e. The van der Waals surface area contributed by atoms with Crippen molar-refractivity contribution in [2.75, 3.05) is 0 Å². The van der Waals surface area contributed by atoms with Gasteiger partial charge in [0.25, 0.3) is 0 Å². The lowest BCUT2D eigenvalue weighted by molar-refractivity contribution is 0.631. The largest absolute Gasteiger partial charge is 0.206 e. The van der Waals surface area contributed by atoms with Gasteiger partial charge < -0.3 is 0 Å². The molecule has 1 heterocycles. The van der Waals surface area contributed by atoms with E-state index < -0.39 is 0 Å². The number of benzene rings is 1. The van der Waals surface area contributed by atoms with E-state index in [1.54, 1.807) is 36.7 Å². The molecule has 0 aliphatic rings. The molecule has 2 nitrogen and oxygen atoms in total. The van der Waals surface area contributed by atoms with Gasteiger partial charge in [-0.15, -0.1) is 0 Å². The maximum Gasteiger partial charge on any atom is 0.131 e. The van der Waals surface area contributed by atoms with Crippen LogP contribution >= 0.6 is 0 Å². The Hall–Kier alpha value is -1.77. The van der Waals surface area contributed by atoms with Crippen molar-refractivity contribution in [2.24, 2.45) is 0 Å². The van der Waals surface area contributed by atoms with Gasteiger partial charge in [0.1, 0.15) is 5.82 Å². The first-order valence-corrected chi connectivity index (χ1v) is 3.89. The third-order valence-corrected chi connectivity index (χ3v) is 1.77. The maximum absolute atomic E-state index is 13.2. The highest BCUT2D eigenvalue weighted by molar-refractivity contribution is 5.62. The molecular weight excluding hydrogens is 167 g/mol. The van der Waals surface area contributed by atoms with Gasteiger partial charge in [-0.3, -0.25) is 0 Å². The van der Waals surface area contributed by atoms with Gasteiger partial charge in [-0.1, -0.05) is 18.2 Å². The van der Waals surface area contributed by atoms with E-state index >= 15 is 0 Å². The quantitative estimate of drug-likeness (QED) is 0.662. The molecule has 0 saturated carbocycles. The third kappa shape index (κ3) is 1.54. The van der Waals surface area contributed by atoms with Crippen LogP contribution in [0.25, 0.3) is 11.1 Å². The second kappa shape index (κ2) is 3.31. The second-order valence-corrected chi connectivity index (χ2v) is 2.61. The van der Waals surface area contributed by atoms with Crippen LogP contribution in [0.4, 0.5) is 4.39 Å². The van der Waals surface area contributed by atoms with Crippen LogP contribution in [0.3, 0.4) is 0 Å². The van der Waals surface area contributed by atoms with Crippen LogP contribution in [-0.2, 0) is 0 Å². The van der Waals surface area contributed by atoms with E-state index in [1.165, 1.54) is 6.07 Å². The summed E-state index contributed by atoms with van der Waals surface area (Å²) in [6, 6.07) is 8.32. The molecule has 64 valence electrons. The minimum Gasteiger partial charge on any atom is -0.206 e. The van der Waals surface area contributed by atoms with Crippen molar-refractivity contribution in [1.82, 2.24) is 10.2 Å².